The summed E-state index contributed by atoms with van der Waals surface area (Å²) in [4.78, 5) is 3.65. The van der Waals surface area contributed by atoms with Crippen molar-refractivity contribution in [1.29, 1.82) is 0 Å². The summed E-state index contributed by atoms with van der Waals surface area (Å²) in [6, 6.07) is -0.813. The van der Waals surface area contributed by atoms with E-state index in [0.717, 1.165) is 20.8 Å². The van der Waals surface area contributed by atoms with Gasteiger partial charge < -0.3 is 9.64 Å². The zero-order valence-electron chi connectivity index (χ0n) is 29.9. The maximum Gasteiger partial charge on any atom is 0.190 e. The van der Waals surface area contributed by atoms with Gasteiger partial charge in [0, 0.05) is 24.9 Å². The lowest BCUT2D eigenvalue weighted by atomic mass is 9.76. The third-order valence-corrected chi connectivity index (χ3v) is 5.67. The van der Waals surface area contributed by atoms with E-state index < -0.39 is 61.4 Å². The molecule has 31 heavy (non-hydrogen) atoms. The summed E-state index contributed by atoms with van der Waals surface area (Å²) < 4.78 is 117. The molecule has 2 aromatic rings. The van der Waals surface area contributed by atoms with Gasteiger partial charge in [0.25, 0.3) is 0 Å². The fraction of sp³-hybridized carbons (Fsp3) is 0.519. The number of aryl methyl sites for hydroxylation is 1. The van der Waals surface area contributed by atoms with Crippen LogP contribution in [0.5, 0.6) is 0 Å². The Morgan fingerprint density at radius 1 is 1.29 bits per heavy atom. The fourth-order valence-electron chi connectivity index (χ4n) is 3.80. The highest BCUT2D eigenvalue weighted by Gasteiger charge is 2.47. The van der Waals surface area contributed by atoms with Crippen molar-refractivity contribution in [2.75, 3.05) is 13.5 Å². The molecule has 0 radical (unpaired) electrons. The molecule has 0 fully saturated rings. The third-order valence-electron chi connectivity index (χ3n) is 5.67. The van der Waals surface area contributed by atoms with E-state index in [1.807, 2.05) is 0 Å². The first-order valence-electron chi connectivity index (χ1n) is 15.5. The molecule has 0 N–H and O–H groups in total. The number of nitrogens with zero attached hydrogens (tertiary/aromatic N) is 2. The molecule has 1 aliphatic heterocycles. The van der Waals surface area contributed by atoms with E-state index in [4.69, 9.17) is 22.3 Å². The Balaban J connectivity index is 2.60. The van der Waals surface area contributed by atoms with Gasteiger partial charge in [0.15, 0.2) is 5.69 Å². The summed E-state index contributed by atoms with van der Waals surface area (Å²) in [5.41, 5.74) is -1.91. The van der Waals surface area contributed by atoms with Gasteiger partial charge in [-0.1, -0.05) is 25.1 Å². The number of halogens is 1. The van der Waals surface area contributed by atoms with Crippen molar-refractivity contribution in [1.82, 2.24) is 4.90 Å². The smallest absolute Gasteiger partial charge is 0.190 e. The summed E-state index contributed by atoms with van der Waals surface area (Å²) in [6.07, 6.45) is -4.23. The van der Waals surface area contributed by atoms with Crippen molar-refractivity contribution in [3.05, 3.63) is 74.8 Å². The second-order valence-electron chi connectivity index (χ2n) is 8.11. The van der Waals surface area contributed by atoms with Gasteiger partial charge in [-0.2, -0.15) is 0 Å². The van der Waals surface area contributed by atoms with Crippen molar-refractivity contribution in [2.24, 2.45) is 5.89 Å². The number of hydrogen-bond acceptors (Lipinski definition) is 2. The van der Waals surface area contributed by atoms with Crippen molar-refractivity contribution in [2.45, 2.75) is 72.6 Å². The number of benzene rings is 2. The van der Waals surface area contributed by atoms with Crippen LogP contribution in [0.4, 0.5) is 10.1 Å². The lowest BCUT2D eigenvalue weighted by Crippen LogP contribution is -2.36. The summed E-state index contributed by atoms with van der Waals surface area (Å²) in [5.74, 6) is -4.07. The van der Waals surface area contributed by atoms with E-state index in [1.54, 1.807) is 13.8 Å². The van der Waals surface area contributed by atoms with Gasteiger partial charge in [-0.15, -0.1) is 0 Å². The molecule has 2 unspecified atom stereocenters. The predicted octanol–water partition coefficient (Wildman–Crippen LogP) is 7.00. The molecule has 0 spiro atoms. The van der Waals surface area contributed by atoms with Gasteiger partial charge in [0.05, 0.1) is 15.4 Å². The molecule has 0 bridgehead atoms. The molecule has 166 valence electrons. The summed E-state index contributed by atoms with van der Waals surface area (Å²) in [6.45, 7) is 9.88. The molecular weight excluding hydrogens is 387 g/mol. The normalized spacial score (nSPS) is 29.3. The Labute approximate surface area is 202 Å². The maximum absolute atomic E-state index is 15.0. The second-order valence-corrected chi connectivity index (χ2v) is 8.11. The van der Waals surface area contributed by atoms with Crippen LogP contribution in [0.15, 0.2) is 24.2 Å². The minimum atomic E-state index is -3.38. The number of rotatable bonds is 6. The Hall–Kier alpha value is -2.22. The maximum atomic E-state index is 15.0. The molecule has 1 aliphatic rings. The van der Waals surface area contributed by atoms with Crippen molar-refractivity contribution in [3.63, 3.8) is 0 Å². The molecular formula is C27H35FN2O. The van der Waals surface area contributed by atoms with Crippen LogP contribution in [-0.2, 0) is 10.3 Å². The van der Waals surface area contributed by atoms with Crippen LogP contribution in [-0.4, -0.2) is 24.4 Å². The summed E-state index contributed by atoms with van der Waals surface area (Å²) in [5, 5.41) is 0. The average Bonchev–Trinajstić information content (AvgIpc) is 3.10. The molecule has 3 rings (SSSR count). The van der Waals surface area contributed by atoms with Crippen LogP contribution in [0.2, 0.25) is 0 Å². The quantitative estimate of drug-likeness (QED) is 0.456. The first kappa shape index (κ1) is 12.7. The molecule has 4 heteroatoms. The standard InChI is InChI=1S/C27H35FN2O/c1-16(2)30(9)15-17(3)14-27(23-10-11-25(28)20(6)19(23)5)24-12-18(4)26(29-8)13-22(24)21(7)31-27/h10-13,16-17,21H,14-15H2,1-7,9H3/t17?,21?,27-/m0/s1/i9D3,10D,11D,14D2,15D2,16D,17D. The molecule has 0 aliphatic carbocycles. The SMILES string of the molecule is [2H]c1c([2H])c([C@]2(C([2H])([2H])C([2H])(C)C([2H])([2H])N(C([2H])([2H])[2H])C([2H])(C)C)OC(C)c3cc([N+]#[C-])c(C)cc32)c(C)c(C)c1F. The van der Waals surface area contributed by atoms with E-state index in [0.29, 0.717) is 11.1 Å². The molecule has 2 aromatic carbocycles. The molecule has 3 nitrogen and oxygen atoms in total. The van der Waals surface area contributed by atoms with Crippen LogP contribution in [0, 0.1) is 39.1 Å². The molecule has 1 heterocycles. The predicted molar refractivity (Wildman–Crippen MR) is 125 cm³/mol. The third kappa shape index (κ3) is 4.14. The highest BCUT2D eigenvalue weighted by Crippen LogP contribution is 2.53. The topological polar surface area (TPSA) is 16.8 Å². The number of fused-ring (bicyclic) bond motifs is 1. The summed E-state index contributed by atoms with van der Waals surface area (Å²) in [7, 11) is 0. The average molecular weight is 434 g/mol. The zero-order chi connectivity index (χ0) is 32.8. The minimum absolute atomic E-state index is 0.0363. The second kappa shape index (κ2) is 8.73. The van der Waals surface area contributed by atoms with Crippen LogP contribution in [0.1, 0.15) is 88.6 Å². The monoisotopic (exact) mass is 433 g/mol. The fourth-order valence-corrected chi connectivity index (χ4v) is 3.80. The van der Waals surface area contributed by atoms with E-state index in [9.17, 15) is 4.11 Å². The van der Waals surface area contributed by atoms with Gasteiger partial charge in [0.1, 0.15) is 11.4 Å². The Morgan fingerprint density at radius 2 is 2.00 bits per heavy atom. The highest BCUT2D eigenvalue weighted by atomic mass is 19.1. The van der Waals surface area contributed by atoms with Gasteiger partial charge in [-0.05, 0) is 100 Å². The van der Waals surface area contributed by atoms with Crippen LogP contribution < -0.4 is 0 Å². The lowest BCUT2D eigenvalue weighted by Gasteiger charge is -2.37. The molecule has 0 saturated carbocycles. The van der Waals surface area contributed by atoms with Crippen LogP contribution in [0.3, 0.4) is 0 Å². The van der Waals surface area contributed by atoms with Gasteiger partial charge >= 0.3 is 0 Å². The zero-order valence-corrected chi connectivity index (χ0v) is 18.9. The van der Waals surface area contributed by atoms with E-state index in [-0.39, 0.29) is 32.8 Å². The summed E-state index contributed by atoms with van der Waals surface area (Å²) >= 11 is 0. The first-order chi connectivity index (χ1) is 18.7. The highest BCUT2D eigenvalue weighted by molar-refractivity contribution is 5.61. The number of ether oxygens (including phenoxy) is 1. The Kier molecular flexibility index (Phi) is 3.58. The largest absolute Gasteiger partial charge is 0.358 e. The van der Waals surface area contributed by atoms with Crippen molar-refractivity contribution in [3.8, 4) is 0 Å². The van der Waals surface area contributed by atoms with E-state index in [1.165, 1.54) is 26.0 Å². The van der Waals surface area contributed by atoms with Gasteiger partial charge in [-0.3, -0.25) is 0 Å². The molecule has 0 aromatic heterocycles. The van der Waals surface area contributed by atoms with E-state index in [2.05, 4.69) is 4.85 Å². The molecule has 0 amide bonds. The minimum Gasteiger partial charge on any atom is -0.358 e. The van der Waals surface area contributed by atoms with Gasteiger partial charge in [-0.25, -0.2) is 9.24 Å². The molecule has 0 saturated heterocycles. The molecule has 3 atom stereocenters. The Morgan fingerprint density at radius 3 is 2.61 bits per heavy atom. The Bertz CT molecular complexity index is 1430. The van der Waals surface area contributed by atoms with Gasteiger partial charge in [0.2, 0.25) is 0 Å². The van der Waals surface area contributed by atoms with E-state index >= 15 is 4.39 Å². The van der Waals surface area contributed by atoms with Crippen LogP contribution in [0.25, 0.3) is 4.85 Å². The van der Waals surface area contributed by atoms with Crippen molar-refractivity contribution < 1.29 is 24.2 Å². The number of hydrogen-bond donors (Lipinski definition) is 0. The van der Waals surface area contributed by atoms with Crippen molar-refractivity contribution >= 4 is 5.69 Å². The first-order valence-corrected chi connectivity index (χ1v) is 10.0. The van der Waals surface area contributed by atoms with Crippen LogP contribution >= 0.6 is 0 Å². The lowest BCUT2D eigenvalue weighted by molar-refractivity contribution is -0.0567.